The normalized spacial score (nSPS) is 16.4. The number of allylic oxidation sites excluding steroid dienone is 4. The zero-order valence-electron chi connectivity index (χ0n) is 16.7. The number of benzene rings is 2. The van der Waals surface area contributed by atoms with Gasteiger partial charge in [0.2, 0.25) is 0 Å². The van der Waals surface area contributed by atoms with E-state index in [1.165, 1.54) is 44.2 Å². The van der Waals surface area contributed by atoms with E-state index in [-0.39, 0.29) is 5.54 Å². The first-order valence-electron chi connectivity index (χ1n) is 9.31. The second kappa shape index (κ2) is 6.46. The highest BCUT2D eigenvalue weighted by Crippen LogP contribution is 2.45. The number of hydrogen-bond acceptors (Lipinski definition) is 1. The number of nitrogens with one attached hydrogen (secondary N) is 1. The summed E-state index contributed by atoms with van der Waals surface area (Å²) in [5.74, 6) is 0.418. The van der Waals surface area contributed by atoms with E-state index in [1.54, 1.807) is 0 Å². The summed E-state index contributed by atoms with van der Waals surface area (Å²) in [6, 6.07) is 13.4. The fourth-order valence-corrected chi connectivity index (χ4v) is 3.99. The largest absolute Gasteiger partial charge is 0.308 e. The summed E-state index contributed by atoms with van der Waals surface area (Å²) in [5, 5.41) is 6.41. The Bertz CT molecular complexity index is 851. The van der Waals surface area contributed by atoms with Gasteiger partial charge in [0.1, 0.15) is 0 Å². The van der Waals surface area contributed by atoms with Crippen LogP contribution in [0.25, 0.3) is 10.8 Å². The van der Waals surface area contributed by atoms with Crippen molar-refractivity contribution in [3.63, 3.8) is 0 Å². The summed E-state index contributed by atoms with van der Waals surface area (Å²) in [6.45, 7) is 16.7. The molecule has 1 heteroatoms. The van der Waals surface area contributed by atoms with Gasteiger partial charge in [-0.05, 0) is 81.5 Å². The molecule has 2 aromatic rings. The monoisotopic (exact) mass is 333 g/mol. The molecule has 1 aliphatic carbocycles. The second-order valence-corrected chi connectivity index (χ2v) is 8.51. The Labute approximate surface area is 152 Å². The molecule has 25 heavy (non-hydrogen) atoms. The van der Waals surface area contributed by atoms with E-state index in [4.69, 9.17) is 0 Å². The third-order valence-corrected chi connectivity index (χ3v) is 5.79. The highest BCUT2D eigenvalue weighted by molar-refractivity contribution is 5.87. The van der Waals surface area contributed by atoms with E-state index in [2.05, 4.69) is 90.2 Å². The molecule has 2 aromatic carbocycles. The minimum atomic E-state index is 0.103. The topological polar surface area (TPSA) is 12.0 Å². The summed E-state index contributed by atoms with van der Waals surface area (Å²) in [4.78, 5) is 0. The highest BCUT2D eigenvalue weighted by atomic mass is 14.9. The Hall–Kier alpha value is -1.86. The van der Waals surface area contributed by atoms with E-state index in [0.717, 1.165) is 6.54 Å². The molecule has 3 rings (SSSR count). The molecular weight excluding hydrogens is 302 g/mol. The van der Waals surface area contributed by atoms with Gasteiger partial charge in [-0.2, -0.15) is 0 Å². The summed E-state index contributed by atoms with van der Waals surface area (Å²) < 4.78 is 0. The molecular formula is C24H31N. The van der Waals surface area contributed by atoms with Crippen molar-refractivity contribution in [3.8, 4) is 0 Å². The van der Waals surface area contributed by atoms with Gasteiger partial charge in [0, 0.05) is 18.0 Å². The van der Waals surface area contributed by atoms with Crippen molar-refractivity contribution in [2.75, 3.05) is 0 Å². The Kier molecular flexibility index (Phi) is 4.64. The predicted octanol–water partition coefficient (Wildman–Crippen LogP) is 6.50. The van der Waals surface area contributed by atoms with Crippen molar-refractivity contribution in [1.29, 1.82) is 0 Å². The zero-order valence-corrected chi connectivity index (χ0v) is 16.7. The average molecular weight is 334 g/mol. The second-order valence-electron chi connectivity index (χ2n) is 8.51. The standard InChI is InChI=1S/C24H31N/c1-15-16(2)18(4)23(17(15)3)21-13-12-19-10-8-9-11-20(19)22(21)14-25-24(5,6)7/h8-13,23,25H,14H2,1-7H3. The lowest BCUT2D eigenvalue weighted by atomic mass is 9.83. The van der Waals surface area contributed by atoms with E-state index < -0.39 is 0 Å². The molecule has 1 N–H and O–H groups in total. The quantitative estimate of drug-likeness (QED) is 0.676. The summed E-state index contributed by atoms with van der Waals surface area (Å²) in [5.41, 5.74) is 8.94. The fraction of sp³-hybridized carbons (Fsp3) is 0.417. The van der Waals surface area contributed by atoms with E-state index in [0.29, 0.717) is 5.92 Å². The van der Waals surface area contributed by atoms with Crippen LogP contribution in [0, 0.1) is 0 Å². The minimum absolute atomic E-state index is 0.103. The van der Waals surface area contributed by atoms with Crippen LogP contribution in [0.2, 0.25) is 0 Å². The molecule has 0 heterocycles. The van der Waals surface area contributed by atoms with Gasteiger partial charge < -0.3 is 5.32 Å². The molecule has 1 aliphatic rings. The summed E-state index contributed by atoms with van der Waals surface area (Å²) >= 11 is 0. The third-order valence-electron chi connectivity index (χ3n) is 5.79. The van der Waals surface area contributed by atoms with Gasteiger partial charge in [-0.15, -0.1) is 0 Å². The molecule has 0 radical (unpaired) electrons. The Balaban J connectivity index is 2.19. The average Bonchev–Trinajstić information content (AvgIpc) is 2.75. The molecule has 0 bridgehead atoms. The first-order chi connectivity index (χ1) is 11.7. The van der Waals surface area contributed by atoms with Gasteiger partial charge >= 0.3 is 0 Å². The number of fused-ring (bicyclic) bond motifs is 1. The lowest BCUT2D eigenvalue weighted by Gasteiger charge is -2.25. The van der Waals surface area contributed by atoms with E-state index in [1.807, 2.05) is 0 Å². The highest BCUT2D eigenvalue weighted by Gasteiger charge is 2.28. The summed E-state index contributed by atoms with van der Waals surface area (Å²) in [6.07, 6.45) is 0. The van der Waals surface area contributed by atoms with Gasteiger partial charge in [0.15, 0.2) is 0 Å². The number of rotatable bonds is 3. The van der Waals surface area contributed by atoms with Crippen LogP contribution >= 0.6 is 0 Å². The van der Waals surface area contributed by atoms with E-state index in [9.17, 15) is 0 Å². The van der Waals surface area contributed by atoms with Crippen molar-refractivity contribution < 1.29 is 0 Å². The van der Waals surface area contributed by atoms with Crippen LogP contribution in [0.5, 0.6) is 0 Å². The van der Waals surface area contributed by atoms with Crippen LogP contribution in [0.4, 0.5) is 0 Å². The van der Waals surface area contributed by atoms with Crippen LogP contribution in [-0.4, -0.2) is 5.54 Å². The van der Waals surface area contributed by atoms with Crippen molar-refractivity contribution >= 4 is 10.8 Å². The smallest absolute Gasteiger partial charge is 0.0267 e. The molecule has 0 fully saturated rings. The van der Waals surface area contributed by atoms with Crippen LogP contribution < -0.4 is 5.32 Å². The Morgan fingerprint density at radius 3 is 2.04 bits per heavy atom. The fourth-order valence-electron chi connectivity index (χ4n) is 3.99. The van der Waals surface area contributed by atoms with Crippen molar-refractivity contribution in [2.24, 2.45) is 0 Å². The summed E-state index contributed by atoms with van der Waals surface area (Å²) in [7, 11) is 0. The maximum absolute atomic E-state index is 3.71. The predicted molar refractivity (Wildman–Crippen MR) is 110 cm³/mol. The first kappa shape index (κ1) is 17.9. The van der Waals surface area contributed by atoms with Gasteiger partial charge in [-0.3, -0.25) is 0 Å². The van der Waals surface area contributed by atoms with Crippen LogP contribution in [0.15, 0.2) is 58.7 Å². The molecule has 0 saturated heterocycles. The van der Waals surface area contributed by atoms with Crippen LogP contribution in [0.1, 0.15) is 65.5 Å². The van der Waals surface area contributed by atoms with Gasteiger partial charge in [-0.1, -0.05) is 47.5 Å². The lowest BCUT2D eigenvalue weighted by molar-refractivity contribution is 0.424. The molecule has 132 valence electrons. The van der Waals surface area contributed by atoms with Crippen LogP contribution in [-0.2, 0) is 6.54 Å². The van der Waals surface area contributed by atoms with Gasteiger partial charge in [0.05, 0.1) is 0 Å². The third kappa shape index (κ3) is 3.30. The van der Waals surface area contributed by atoms with Crippen LogP contribution in [0.3, 0.4) is 0 Å². The molecule has 0 aromatic heterocycles. The SMILES string of the molecule is CC1=C(C)C(c2ccc3ccccc3c2CNC(C)(C)C)C(C)=C1C. The molecule has 0 atom stereocenters. The molecule has 0 aliphatic heterocycles. The molecule has 0 saturated carbocycles. The molecule has 0 spiro atoms. The minimum Gasteiger partial charge on any atom is -0.308 e. The lowest BCUT2D eigenvalue weighted by Crippen LogP contribution is -2.35. The van der Waals surface area contributed by atoms with Crippen molar-refractivity contribution in [2.45, 2.75) is 66.5 Å². The zero-order chi connectivity index (χ0) is 18.4. The maximum atomic E-state index is 3.71. The number of hydrogen-bond donors (Lipinski definition) is 1. The first-order valence-corrected chi connectivity index (χ1v) is 9.31. The Morgan fingerprint density at radius 1 is 0.840 bits per heavy atom. The van der Waals surface area contributed by atoms with Gasteiger partial charge in [-0.25, -0.2) is 0 Å². The molecule has 0 unspecified atom stereocenters. The van der Waals surface area contributed by atoms with Crippen molar-refractivity contribution in [3.05, 3.63) is 69.8 Å². The molecule has 1 nitrogen and oxygen atoms in total. The van der Waals surface area contributed by atoms with Crippen molar-refractivity contribution in [1.82, 2.24) is 5.32 Å². The Morgan fingerprint density at radius 2 is 1.44 bits per heavy atom. The van der Waals surface area contributed by atoms with E-state index >= 15 is 0 Å². The maximum Gasteiger partial charge on any atom is 0.0267 e. The van der Waals surface area contributed by atoms with Gasteiger partial charge in [0.25, 0.3) is 0 Å². The molecule has 0 amide bonds.